The SMILES string of the molecule is CCn1nccc1-c1ccc([C@H](CO)NC(=O)[C@@H]2C[C@@H](O)CN2C(=O)[C@H](C(C)C)n2cc(-c3ccc(COc4c(-c5c(C)c(F)c(C)c6[nH]ncc56)c(C5CC5)cc5c(N6C[C@@H]7C[C@H]6CN7)nc(OC[C@H](C)OC)nc45)cc3)nn2)cc1. The summed E-state index contributed by atoms with van der Waals surface area (Å²) in [5.41, 5.74) is 9.37. The molecule has 20 nitrogen and oxygen atoms in total. The van der Waals surface area contributed by atoms with Gasteiger partial charge in [0, 0.05) is 91.0 Å². The number of nitrogens with one attached hydrogen (secondary N) is 3. The summed E-state index contributed by atoms with van der Waals surface area (Å²) in [7, 11) is 1.64. The number of ether oxygens (including phenoxy) is 3. The van der Waals surface area contributed by atoms with Crippen LogP contribution in [0.4, 0.5) is 10.2 Å². The van der Waals surface area contributed by atoms with Crippen LogP contribution in [0.5, 0.6) is 11.8 Å². The third-order valence-corrected chi connectivity index (χ3v) is 17.0. The van der Waals surface area contributed by atoms with Gasteiger partial charge < -0.3 is 44.9 Å². The number of likely N-dealkylation sites (tertiary alicyclic amines) is 1. The van der Waals surface area contributed by atoms with Gasteiger partial charge in [-0.2, -0.15) is 20.2 Å². The molecule has 4 fully saturated rings. The standard InChI is InChI=1S/C61H70FN13O7/c1-8-74-49(19-20-65-74)40-17-15-39(16-18-40)48(29-76)66-59(78)50-22-43(77)27-73(50)60(79)56(32(2)3)75-28-47(69-71-75)38-11-9-36(10-12-38)31-81-57-52(51-34(5)53(62)35(6)54-46(51)25-64-70-54)44(37-13-14-37)23-45-55(57)67-61(82-30-33(4)80-7)68-58(45)72-26-41-21-42(72)24-63-41/h9-12,15-20,23,25,28,32-33,37,41-43,48,50,56,63,76-77H,8,13-14,21-22,24,26-27,29-31H2,1-7H3,(H,64,70)(H,66,78)/t33-,41-,42-,43+,48-,50-,56-/m0/s1. The molecule has 0 spiro atoms. The van der Waals surface area contributed by atoms with Gasteiger partial charge in [-0.15, -0.1) is 5.10 Å². The van der Waals surface area contributed by atoms with Gasteiger partial charge >= 0.3 is 6.01 Å². The summed E-state index contributed by atoms with van der Waals surface area (Å²) in [6.45, 7) is 13.6. The molecule has 2 amide bonds. The fourth-order valence-electron chi connectivity index (χ4n) is 12.4. The highest BCUT2D eigenvalue weighted by Crippen LogP contribution is 2.54. The van der Waals surface area contributed by atoms with E-state index >= 15 is 4.39 Å². The lowest BCUT2D eigenvalue weighted by molar-refractivity contribution is -0.142. The lowest BCUT2D eigenvalue weighted by Gasteiger charge is -2.30. The molecule has 0 radical (unpaired) electrons. The van der Waals surface area contributed by atoms with E-state index in [9.17, 15) is 19.8 Å². The van der Waals surface area contributed by atoms with Crippen molar-refractivity contribution >= 4 is 39.4 Å². The number of aromatic amines is 1. The molecule has 0 unspecified atom stereocenters. The Hall–Kier alpha value is -7.85. The molecule has 5 N–H and O–H groups in total. The molecule has 82 heavy (non-hydrogen) atoms. The van der Waals surface area contributed by atoms with E-state index in [1.54, 1.807) is 32.6 Å². The summed E-state index contributed by atoms with van der Waals surface area (Å²) in [6.07, 6.45) is 7.07. The van der Waals surface area contributed by atoms with Gasteiger partial charge in [-0.05, 0) is 98.7 Å². The van der Waals surface area contributed by atoms with Crippen LogP contribution in [-0.2, 0) is 27.5 Å². The summed E-state index contributed by atoms with van der Waals surface area (Å²) in [4.78, 5) is 42.8. The Morgan fingerprint density at radius 1 is 0.939 bits per heavy atom. The number of piperazine rings is 1. The van der Waals surface area contributed by atoms with E-state index in [-0.39, 0.29) is 74.5 Å². The lowest BCUT2D eigenvalue weighted by atomic mass is 9.87. The molecule has 21 heteroatoms. The van der Waals surface area contributed by atoms with E-state index in [0.717, 1.165) is 82.5 Å². The first kappa shape index (κ1) is 54.7. The third-order valence-electron chi connectivity index (χ3n) is 17.0. The number of hydrogen-bond donors (Lipinski definition) is 5. The van der Waals surface area contributed by atoms with E-state index in [2.05, 4.69) is 47.2 Å². The van der Waals surface area contributed by atoms with Crippen molar-refractivity contribution in [2.24, 2.45) is 5.92 Å². The van der Waals surface area contributed by atoms with Crippen molar-refractivity contribution in [3.05, 3.63) is 113 Å². The van der Waals surface area contributed by atoms with Crippen molar-refractivity contribution in [1.29, 1.82) is 0 Å². The van der Waals surface area contributed by atoms with Crippen molar-refractivity contribution < 1.29 is 38.4 Å². The molecular formula is C61H70FN13O7. The average molecular weight is 1120 g/mol. The van der Waals surface area contributed by atoms with Crippen LogP contribution in [0.3, 0.4) is 0 Å². The number of carbonyl (C=O) groups is 2. The molecule has 428 valence electrons. The topological polar surface area (TPSA) is 236 Å². The highest BCUT2D eigenvalue weighted by Gasteiger charge is 2.44. The number of anilines is 1. The maximum absolute atomic E-state index is 16.5. The highest BCUT2D eigenvalue weighted by molar-refractivity contribution is 6.07. The normalized spacial score (nSPS) is 19.9. The quantitative estimate of drug-likeness (QED) is 0.0497. The molecule has 1 aliphatic carbocycles. The molecule has 12 rings (SSSR count). The van der Waals surface area contributed by atoms with Crippen LogP contribution in [0.25, 0.3) is 55.4 Å². The largest absolute Gasteiger partial charge is 0.486 e. The van der Waals surface area contributed by atoms with Gasteiger partial charge in [0.15, 0.2) is 5.75 Å². The number of fused-ring (bicyclic) bond motifs is 4. The van der Waals surface area contributed by atoms with E-state index in [0.29, 0.717) is 57.3 Å². The van der Waals surface area contributed by atoms with Gasteiger partial charge in [0.05, 0.1) is 48.5 Å². The van der Waals surface area contributed by atoms with E-state index in [1.807, 2.05) is 93.9 Å². The Morgan fingerprint density at radius 2 is 1.72 bits per heavy atom. The number of aliphatic hydroxyl groups excluding tert-OH is 2. The third kappa shape index (κ3) is 10.2. The Labute approximate surface area is 474 Å². The summed E-state index contributed by atoms with van der Waals surface area (Å²) in [5, 5.41) is 50.4. The fraction of sp³-hybridized carbons (Fsp3) is 0.443. The summed E-state index contributed by atoms with van der Waals surface area (Å²) < 4.78 is 38.9. The minimum atomic E-state index is -0.986. The number of β-amino-alcohol motifs (C(OH)–C–C–N with tert-alkyl or cyclic N) is 1. The van der Waals surface area contributed by atoms with Gasteiger partial charge in [-0.3, -0.25) is 19.4 Å². The van der Waals surface area contributed by atoms with Crippen molar-refractivity contribution in [2.75, 3.05) is 44.9 Å². The number of benzene rings is 4. The molecule has 3 saturated heterocycles. The molecule has 2 bridgehead atoms. The number of amides is 2. The van der Waals surface area contributed by atoms with Crippen molar-refractivity contribution in [2.45, 2.75) is 129 Å². The van der Waals surface area contributed by atoms with Gasteiger partial charge in [-0.1, -0.05) is 67.6 Å². The lowest BCUT2D eigenvalue weighted by Crippen LogP contribution is -2.50. The molecule has 4 aliphatic rings. The van der Waals surface area contributed by atoms with Crippen molar-refractivity contribution in [3.8, 4) is 45.4 Å². The number of H-pyrrole nitrogens is 1. The number of halogens is 1. The number of hydrogen-bond acceptors (Lipinski definition) is 15. The van der Waals surface area contributed by atoms with Gasteiger partial charge in [0.2, 0.25) is 11.8 Å². The van der Waals surface area contributed by atoms with Crippen LogP contribution < -0.4 is 25.0 Å². The van der Waals surface area contributed by atoms with Crippen LogP contribution in [0, 0.1) is 25.6 Å². The molecule has 4 aromatic heterocycles. The predicted molar refractivity (Wildman–Crippen MR) is 307 cm³/mol. The Balaban J connectivity index is 0.825. The second-order valence-electron chi connectivity index (χ2n) is 22.8. The summed E-state index contributed by atoms with van der Waals surface area (Å²) in [5.74, 6) is 0.0340. The second kappa shape index (κ2) is 22.5. The number of rotatable bonds is 20. The number of carbonyl (C=O) groups excluding carboxylic acids is 2. The number of methoxy groups -OCH3 is 1. The average Bonchev–Trinajstić information content (AvgIpc) is 3.70. The molecule has 7 heterocycles. The number of nitrogens with zero attached hydrogens (tertiary/aromatic N) is 10. The molecular weight excluding hydrogens is 1050 g/mol. The zero-order valence-electron chi connectivity index (χ0n) is 47.3. The van der Waals surface area contributed by atoms with Gasteiger partial charge in [-0.25, -0.2) is 9.07 Å². The first-order chi connectivity index (χ1) is 39.7. The van der Waals surface area contributed by atoms with E-state index in [1.165, 1.54) is 9.58 Å². The molecule has 4 aromatic carbocycles. The summed E-state index contributed by atoms with van der Waals surface area (Å²) >= 11 is 0. The predicted octanol–water partition coefficient (Wildman–Crippen LogP) is 7.50. The summed E-state index contributed by atoms with van der Waals surface area (Å²) in [6, 6.07) is 17.7. The minimum Gasteiger partial charge on any atom is -0.486 e. The second-order valence-corrected chi connectivity index (χ2v) is 22.8. The Morgan fingerprint density at radius 3 is 2.41 bits per heavy atom. The molecule has 3 aliphatic heterocycles. The Bertz CT molecular complexity index is 3670. The zero-order valence-corrected chi connectivity index (χ0v) is 47.3. The molecule has 1 saturated carbocycles. The molecule has 7 atom stereocenters. The van der Waals surface area contributed by atoms with Crippen LogP contribution in [0.1, 0.15) is 99.2 Å². The van der Waals surface area contributed by atoms with Crippen LogP contribution >= 0.6 is 0 Å². The fourth-order valence-corrected chi connectivity index (χ4v) is 12.4. The monoisotopic (exact) mass is 1120 g/mol. The molecule has 8 aromatic rings. The first-order valence-electron chi connectivity index (χ1n) is 28.5. The van der Waals surface area contributed by atoms with Crippen LogP contribution in [0.15, 0.2) is 79.3 Å². The van der Waals surface area contributed by atoms with Crippen molar-refractivity contribution in [3.63, 3.8) is 0 Å². The maximum atomic E-state index is 16.5. The number of aromatic nitrogens is 9. The van der Waals surface area contributed by atoms with Gasteiger partial charge in [0.25, 0.3) is 0 Å². The van der Waals surface area contributed by atoms with E-state index < -0.39 is 30.1 Å². The Kier molecular flexibility index (Phi) is 15.0. The minimum absolute atomic E-state index is 0.0385. The van der Waals surface area contributed by atoms with Gasteiger partial charge in [0.1, 0.15) is 48.1 Å². The van der Waals surface area contributed by atoms with E-state index in [4.69, 9.17) is 24.2 Å². The number of aryl methyl sites for hydroxylation is 2. The maximum Gasteiger partial charge on any atom is 0.319 e. The van der Waals surface area contributed by atoms with Crippen LogP contribution in [-0.4, -0.2) is 142 Å². The number of aliphatic hydroxyl groups is 2. The highest BCUT2D eigenvalue weighted by atomic mass is 19.1. The van der Waals surface area contributed by atoms with Crippen LogP contribution in [0.2, 0.25) is 0 Å². The first-order valence-corrected chi connectivity index (χ1v) is 28.5. The smallest absolute Gasteiger partial charge is 0.319 e. The van der Waals surface area contributed by atoms with Crippen molar-refractivity contribution in [1.82, 2.24) is 60.5 Å². The zero-order chi connectivity index (χ0) is 57.1.